The number of nitrogens with two attached hydrogens (primary N) is 1. The Morgan fingerprint density at radius 1 is 1.32 bits per heavy atom. The predicted octanol–water partition coefficient (Wildman–Crippen LogP) is 1.43. The van der Waals surface area contributed by atoms with Crippen molar-refractivity contribution < 1.29 is 14.8 Å². The van der Waals surface area contributed by atoms with Crippen molar-refractivity contribution >= 4 is 11.7 Å². The van der Waals surface area contributed by atoms with E-state index in [0.717, 1.165) is 24.8 Å². The predicted molar refractivity (Wildman–Crippen MR) is 66.7 cm³/mol. The lowest BCUT2D eigenvalue weighted by molar-refractivity contribution is -0.384. The van der Waals surface area contributed by atoms with Gasteiger partial charge in [-0.25, -0.2) is 0 Å². The minimum atomic E-state index is -0.947. The minimum absolute atomic E-state index is 0.00218. The summed E-state index contributed by atoms with van der Waals surface area (Å²) in [5.74, 6) is -0.947. The zero-order valence-electron chi connectivity index (χ0n) is 10.2. The highest BCUT2D eigenvalue weighted by Gasteiger charge is 2.71. The summed E-state index contributed by atoms with van der Waals surface area (Å²) in [4.78, 5) is 21.1. The summed E-state index contributed by atoms with van der Waals surface area (Å²) in [7, 11) is 0. The Balaban J connectivity index is 1.75. The molecule has 3 aliphatic rings. The second-order valence-electron chi connectivity index (χ2n) is 5.79. The molecule has 100 valence electrons. The first kappa shape index (κ1) is 12.1. The monoisotopic (exact) mass is 262 g/mol. The van der Waals surface area contributed by atoms with Crippen molar-refractivity contribution in [1.29, 1.82) is 0 Å². The molecule has 3 saturated carbocycles. The van der Waals surface area contributed by atoms with Gasteiger partial charge in [-0.3, -0.25) is 14.9 Å². The number of nitro groups is 1. The molecule has 0 saturated heterocycles. The Morgan fingerprint density at radius 3 is 2.26 bits per heavy atom. The SMILES string of the molecule is NC(C(=O)O)C12CC(c3ccc([N+](=O)[O-])cc3)(C1)C2. The molecule has 19 heavy (non-hydrogen) atoms. The molecular formula is C13H14N2O4. The molecular weight excluding hydrogens is 248 g/mol. The number of rotatable bonds is 4. The van der Waals surface area contributed by atoms with Crippen LogP contribution in [0.1, 0.15) is 24.8 Å². The van der Waals surface area contributed by atoms with Gasteiger partial charge in [0.25, 0.3) is 5.69 Å². The highest BCUT2D eigenvalue weighted by atomic mass is 16.6. The maximum absolute atomic E-state index is 10.9. The van der Waals surface area contributed by atoms with E-state index >= 15 is 0 Å². The summed E-state index contributed by atoms with van der Waals surface area (Å²) in [6.45, 7) is 0. The molecule has 2 bridgehead atoms. The number of carboxylic acid groups (broad SMARTS) is 1. The van der Waals surface area contributed by atoms with Crippen LogP contribution in [0.15, 0.2) is 24.3 Å². The summed E-state index contributed by atoms with van der Waals surface area (Å²) < 4.78 is 0. The average Bonchev–Trinajstić information content (AvgIpc) is 2.25. The Morgan fingerprint density at radius 2 is 1.84 bits per heavy atom. The fraction of sp³-hybridized carbons (Fsp3) is 0.462. The van der Waals surface area contributed by atoms with Gasteiger partial charge in [0.1, 0.15) is 6.04 Å². The van der Waals surface area contributed by atoms with Crippen molar-refractivity contribution in [1.82, 2.24) is 0 Å². The molecule has 3 fully saturated rings. The van der Waals surface area contributed by atoms with Gasteiger partial charge in [-0.2, -0.15) is 0 Å². The lowest BCUT2D eigenvalue weighted by atomic mass is 9.31. The molecule has 1 aromatic rings. The van der Waals surface area contributed by atoms with E-state index in [2.05, 4.69) is 0 Å². The smallest absolute Gasteiger partial charge is 0.321 e. The zero-order chi connectivity index (χ0) is 13.8. The van der Waals surface area contributed by atoms with E-state index in [1.165, 1.54) is 12.1 Å². The molecule has 0 heterocycles. The molecule has 6 heteroatoms. The first-order valence-electron chi connectivity index (χ1n) is 6.12. The average molecular weight is 262 g/mol. The van der Waals surface area contributed by atoms with Crippen LogP contribution in [-0.4, -0.2) is 22.0 Å². The number of carbonyl (C=O) groups is 1. The van der Waals surface area contributed by atoms with Gasteiger partial charge in [0.05, 0.1) is 4.92 Å². The molecule has 1 atom stereocenters. The van der Waals surface area contributed by atoms with Crippen molar-refractivity contribution in [2.45, 2.75) is 30.7 Å². The van der Waals surface area contributed by atoms with Gasteiger partial charge in [0.2, 0.25) is 0 Å². The van der Waals surface area contributed by atoms with E-state index in [-0.39, 0.29) is 16.5 Å². The van der Waals surface area contributed by atoms with Crippen LogP contribution in [0.5, 0.6) is 0 Å². The molecule has 1 aromatic carbocycles. The van der Waals surface area contributed by atoms with Gasteiger partial charge >= 0.3 is 5.97 Å². The second kappa shape index (κ2) is 3.54. The molecule has 4 rings (SSSR count). The molecule has 0 radical (unpaired) electrons. The number of nitrogens with zero attached hydrogens (tertiary/aromatic N) is 1. The number of hydrogen-bond acceptors (Lipinski definition) is 4. The number of nitro benzene ring substituents is 1. The van der Waals surface area contributed by atoms with Crippen molar-refractivity contribution in [3.8, 4) is 0 Å². The normalized spacial score (nSPS) is 32.9. The van der Waals surface area contributed by atoms with Crippen LogP contribution < -0.4 is 5.73 Å². The van der Waals surface area contributed by atoms with Crippen LogP contribution >= 0.6 is 0 Å². The van der Waals surface area contributed by atoms with Crippen LogP contribution in [0, 0.1) is 15.5 Å². The van der Waals surface area contributed by atoms with Crippen molar-refractivity contribution in [2.75, 3.05) is 0 Å². The molecule has 3 N–H and O–H groups in total. The summed E-state index contributed by atoms with van der Waals surface area (Å²) in [6.07, 6.45) is 2.31. The molecule has 1 unspecified atom stereocenters. The summed E-state index contributed by atoms with van der Waals surface area (Å²) in [6, 6.07) is 5.74. The van der Waals surface area contributed by atoms with Gasteiger partial charge < -0.3 is 10.8 Å². The minimum Gasteiger partial charge on any atom is -0.480 e. The third-order valence-electron chi connectivity index (χ3n) is 4.69. The maximum Gasteiger partial charge on any atom is 0.321 e. The summed E-state index contributed by atoms with van der Waals surface area (Å²) in [5, 5.41) is 19.6. The van der Waals surface area contributed by atoms with Crippen LogP contribution in [0.4, 0.5) is 5.69 Å². The fourth-order valence-corrected chi connectivity index (χ4v) is 3.70. The van der Waals surface area contributed by atoms with Crippen molar-refractivity contribution in [2.24, 2.45) is 11.1 Å². The van der Waals surface area contributed by atoms with Gasteiger partial charge in [-0.05, 0) is 35.7 Å². The highest BCUT2D eigenvalue weighted by molar-refractivity contribution is 5.76. The molecule has 3 aliphatic carbocycles. The van der Waals surface area contributed by atoms with Crippen LogP contribution in [-0.2, 0) is 10.2 Å². The van der Waals surface area contributed by atoms with E-state index < -0.39 is 16.9 Å². The van der Waals surface area contributed by atoms with Crippen LogP contribution in [0.2, 0.25) is 0 Å². The van der Waals surface area contributed by atoms with Gasteiger partial charge in [0, 0.05) is 12.1 Å². The van der Waals surface area contributed by atoms with Crippen molar-refractivity contribution in [3.05, 3.63) is 39.9 Å². The molecule has 0 aromatic heterocycles. The van der Waals surface area contributed by atoms with E-state index in [1.807, 2.05) is 0 Å². The number of carboxylic acids is 1. The quantitative estimate of drug-likeness (QED) is 0.630. The molecule has 0 aliphatic heterocycles. The number of hydrogen-bond donors (Lipinski definition) is 2. The number of aliphatic carboxylic acids is 1. The third-order valence-corrected chi connectivity index (χ3v) is 4.69. The first-order chi connectivity index (χ1) is 8.89. The summed E-state index contributed by atoms with van der Waals surface area (Å²) >= 11 is 0. The first-order valence-corrected chi connectivity index (χ1v) is 6.12. The van der Waals surface area contributed by atoms with Gasteiger partial charge in [-0.1, -0.05) is 12.1 Å². The second-order valence-corrected chi connectivity index (χ2v) is 5.79. The fourth-order valence-electron chi connectivity index (χ4n) is 3.70. The van der Waals surface area contributed by atoms with Crippen LogP contribution in [0.25, 0.3) is 0 Å². The van der Waals surface area contributed by atoms with E-state index in [0.29, 0.717) is 0 Å². The molecule has 6 nitrogen and oxygen atoms in total. The largest absolute Gasteiger partial charge is 0.480 e. The van der Waals surface area contributed by atoms with Gasteiger partial charge in [-0.15, -0.1) is 0 Å². The van der Waals surface area contributed by atoms with E-state index in [9.17, 15) is 14.9 Å². The summed E-state index contributed by atoms with van der Waals surface area (Å²) in [5.41, 5.74) is 6.58. The molecule has 0 spiro atoms. The third kappa shape index (κ3) is 1.49. The number of non-ortho nitro benzene ring substituents is 1. The topological polar surface area (TPSA) is 106 Å². The zero-order valence-corrected chi connectivity index (χ0v) is 10.2. The Bertz CT molecular complexity index is 547. The van der Waals surface area contributed by atoms with Crippen LogP contribution in [0.3, 0.4) is 0 Å². The number of benzene rings is 1. The Hall–Kier alpha value is -1.95. The lowest BCUT2D eigenvalue weighted by Gasteiger charge is -2.72. The van der Waals surface area contributed by atoms with Crippen molar-refractivity contribution in [3.63, 3.8) is 0 Å². The molecule has 0 amide bonds. The van der Waals surface area contributed by atoms with E-state index in [4.69, 9.17) is 10.8 Å². The maximum atomic E-state index is 10.9. The van der Waals surface area contributed by atoms with Gasteiger partial charge in [0.15, 0.2) is 0 Å². The van der Waals surface area contributed by atoms with E-state index in [1.54, 1.807) is 12.1 Å². The Labute approximate surface area is 109 Å². The Kier molecular flexibility index (Phi) is 2.25. The standard InChI is InChI=1S/C13H14N2O4/c14-10(11(16)17)13-5-12(6-13,7-13)8-1-3-9(4-2-8)15(18)19/h1-4,10H,5-7,14H2,(H,16,17). The highest BCUT2D eigenvalue weighted by Crippen LogP contribution is 2.74. The lowest BCUT2D eigenvalue weighted by Crippen LogP contribution is -2.72.